The van der Waals surface area contributed by atoms with Crippen molar-refractivity contribution < 1.29 is 9.84 Å². The van der Waals surface area contributed by atoms with E-state index in [1.165, 1.54) is 0 Å². The summed E-state index contributed by atoms with van der Waals surface area (Å²) in [7, 11) is 1.61. The number of halogens is 2. The summed E-state index contributed by atoms with van der Waals surface area (Å²) in [5.41, 5.74) is 0.874. The molecule has 0 aliphatic heterocycles. The number of alkyl halides is 1. The minimum absolute atomic E-state index is 0.217. The van der Waals surface area contributed by atoms with Crippen molar-refractivity contribution in [3.63, 3.8) is 0 Å². The lowest BCUT2D eigenvalue weighted by Gasteiger charge is -2.12. The van der Waals surface area contributed by atoms with Crippen LogP contribution >= 0.6 is 27.5 Å². The van der Waals surface area contributed by atoms with Crippen molar-refractivity contribution in [1.29, 1.82) is 0 Å². The third kappa shape index (κ3) is 3.89. The van der Waals surface area contributed by atoms with Gasteiger partial charge in [0.05, 0.1) is 24.8 Å². The van der Waals surface area contributed by atoms with Crippen molar-refractivity contribution in [2.24, 2.45) is 0 Å². The Labute approximate surface area is 103 Å². The summed E-state index contributed by atoms with van der Waals surface area (Å²) >= 11 is 8.89. The van der Waals surface area contributed by atoms with Crippen LogP contribution in [-0.4, -0.2) is 30.7 Å². The van der Waals surface area contributed by atoms with Gasteiger partial charge in [-0.05, 0) is 28.1 Å². The van der Waals surface area contributed by atoms with Crippen LogP contribution in [0.3, 0.4) is 0 Å². The molecule has 0 fully saturated rings. The fraction of sp³-hybridized carbons (Fsp3) is 0.400. The lowest BCUT2D eigenvalue weighted by molar-refractivity contribution is 0.211. The van der Waals surface area contributed by atoms with Gasteiger partial charge in [-0.2, -0.15) is 0 Å². The van der Waals surface area contributed by atoms with E-state index in [1.807, 2.05) is 18.2 Å². The predicted octanol–water partition coefficient (Wildman–Crippen LogP) is 2.47. The molecule has 2 N–H and O–H groups in total. The molecule has 0 aliphatic carbocycles. The quantitative estimate of drug-likeness (QED) is 0.820. The number of methoxy groups -OCH3 is 1. The zero-order chi connectivity index (χ0) is 11.3. The van der Waals surface area contributed by atoms with E-state index in [4.69, 9.17) is 16.3 Å². The molecule has 0 bridgehead atoms. The number of aliphatic hydroxyl groups is 1. The van der Waals surface area contributed by atoms with E-state index in [-0.39, 0.29) is 5.88 Å². The molecular weight excluding hydrogens is 281 g/mol. The van der Waals surface area contributed by atoms with Crippen LogP contribution in [0.5, 0.6) is 5.75 Å². The lowest BCUT2D eigenvalue weighted by Crippen LogP contribution is -2.20. The van der Waals surface area contributed by atoms with Gasteiger partial charge < -0.3 is 15.2 Å². The number of hydrogen-bond acceptors (Lipinski definition) is 3. The zero-order valence-electron chi connectivity index (χ0n) is 8.34. The van der Waals surface area contributed by atoms with E-state index < -0.39 is 6.10 Å². The highest BCUT2D eigenvalue weighted by Crippen LogP contribution is 2.26. The number of benzene rings is 1. The van der Waals surface area contributed by atoms with Crippen LogP contribution in [0.2, 0.25) is 0 Å². The molecule has 0 amide bonds. The molecule has 84 valence electrons. The minimum Gasteiger partial charge on any atom is -0.497 e. The van der Waals surface area contributed by atoms with Crippen LogP contribution in [-0.2, 0) is 0 Å². The van der Waals surface area contributed by atoms with Gasteiger partial charge in [0.2, 0.25) is 0 Å². The molecule has 1 atom stereocenters. The van der Waals surface area contributed by atoms with Crippen LogP contribution in [0.15, 0.2) is 22.7 Å². The summed E-state index contributed by atoms with van der Waals surface area (Å²) in [5.74, 6) is 0.982. The Morgan fingerprint density at radius 1 is 1.60 bits per heavy atom. The number of rotatable bonds is 5. The van der Waals surface area contributed by atoms with Gasteiger partial charge in [0.25, 0.3) is 0 Å². The first-order valence-electron chi connectivity index (χ1n) is 4.48. The molecule has 0 radical (unpaired) electrons. The van der Waals surface area contributed by atoms with Crippen LogP contribution < -0.4 is 10.1 Å². The first kappa shape index (κ1) is 12.6. The summed E-state index contributed by atoms with van der Waals surface area (Å²) in [5, 5.41) is 12.4. The third-order valence-corrected chi connectivity index (χ3v) is 2.93. The smallest absolute Gasteiger partial charge is 0.121 e. The molecule has 1 rings (SSSR count). The molecule has 3 nitrogen and oxygen atoms in total. The molecular formula is C10H13BrClNO2. The Balaban J connectivity index is 2.66. The monoisotopic (exact) mass is 293 g/mol. The standard InChI is InChI=1S/C10H13BrClNO2/c1-15-8-2-3-9(11)10(4-8)13-6-7(14)5-12/h2-4,7,13-14H,5-6H2,1H3. The average Bonchev–Trinajstić information content (AvgIpc) is 2.27. The maximum atomic E-state index is 9.30. The molecule has 0 aliphatic rings. The topological polar surface area (TPSA) is 41.5 Å². The van der Waals surface area contributed by atoms with Gasteiger partial charge >= 0.3 is 0 Å². The summed E-state index contributed by atoms with van der Waals surface area (Å²) in [6.45, 7) is 0.412. The van der Waals surface area contributed by atoms with Gasteiger partial charge in [-0.1, -0.05) is 0 Å². The lowest BCUT2D eigenvalue weighted by atomic mass is 10.3. The zero-order valence-corrected chi connectivity index (χ0v) is 10.7. The summed E-state index contributed by atoms with van der Waals surface area (Å²) in [4.78, 5) is 0. The molecule has 1 unspecified atom stereocenters. The minimum atomic E-state index is -0.551. The fourth-order valence-corrected chi connectivity index (χ4v) is 1.55. The van der Waals surface area contributed by atoms with E-state index in [0.29, 0.717) is 6.54 Å². The Morgan fingerprint density at radius 3 is 2.93 bits per heavy atom. The second-order valence-corrected chi connectivity index (χ2v) is 4.20. The van der Waals surface area contributed by atoms with Crippen molar-refractivity contribution >= 4 is 33.2 Å². The molecule has 1 aromatic carbocycles. The second kappa shape index (κ2) is 6.20. The predicted molar refractivity (Wildman–Crippen MR) is 65.9 cm³/mol. The van der Waals surface area contributed by atoms with Crippen molar-refractivity contribution in [1.82, 2.24) is 0 Å². The first-order chi connectivity index (χ1) is 7.17. The molecule has 0 heterocycles. The molecule has 0 saturated heterocycles. The molecule has 1 aromatic rings. The van der Waals surface area contributed by atoms with Gasteiger partial charge in [-0.3, -0.25) is 0 Å². The van der Waals surface area contributed by atoms with Gasteiger partial charge in [0, 0.05) is 17.1 Å². The van der Waals surface area contributed by atoms with Gasteiger partial charge in [0.15, 0.2) is 0 Å². The van der Waals surface area contributed by atoms with Gasteiger partial charge in [0.1, 0.15) is 5.75 Å². The Bertz CT molecular complexity index is 322. The maximum Gasteiger partial charge on any atom is 0.121 e. The first-order valence-corrected chi connectivity index (χ1v) is 5.81. The highest BCUT2D eigenvalue weighted by atomic mass is 79.9. The Morgan fingerprint density at radius 2 is 2.33 bits per heavy atom. The largest absolute Gasteiger partial charge is 0.497 e. The van der Waals surface area contributed by atoms with Crippen molar-refractivity contribution in [3.8, 4) is 5.75 Å². The van der Waals surface area contributed by atoms with E-state index in [2.05, 4.69) is 21.2 Å². The Kier molecular flexibility index (Phi) is 5.22. The normalized spacial score (nSPS) is 12.3. The number of nitrogens with one attached hydrogen (secondary N) is 1. The van der Waals surface area contributed by atoms with E-state index >= 15 is 0 Å². The summed E-state index contributed by atoms with van der Waals surface area (Å²) in [6.07, 6.45) is -0.551. The Hall–Kier alpha value is -0.450. The van der Waals surface area contributed by atoms with Crippen molar-refractivity contribution in [2.75, 3.05) is 24.9 Å². The average molecular weight is 295 g/mol. The van der Waals surface area contributed by atoms with Crippen LogP contribution in [0.4, 0.5) is 5.69 Å². The molecule has 15 heavy (non-hydrogen) atoms. The summed E-state index contributed by atoms with van der Waals surface area (Å²) < 4.78 is 6.01. The number of hydrogen-bond donors (Lipinski definition) is 2. The van der Waals surface area contributed by atoms with Crippen LogP contribution in [0, 0.1) is 0 Å². The highest BCUT2D eigenvalue weighted by molar-refractivity contribution is 9.10. The fourth-order valence-electron chi connectivity index (χ4n) is 1.05. The van der Waals surface area contributed by atoms with Crippen LogP contribution in [0.25, 0.3) is 0 Å². The maximum absolute atomic E-state index is 9.30. The molecule has 0 saturated carbocycles. The molecule has 5 heteroatoms. The van der Waals surface area contributed by atoms with E-state index in [9.17, 15) is 5.11 Å². The van der Waals surface area contributed by atoms with E-state index in [0.717, 1.165) is 15.9 Å². The number of ether oxygens (including phenoxy) is 1. The number of anilines is 1. The van der Waals surface area contributed by atoms with Gasteiger partial charge in [-0.15, -0.1) is 11.6 Å². The SMILES string of the molecule is COc1ccc(Br)c(NCC(O)CCl)c1. The number of aliphatic hydroxyl groups excluding tert-OH is 1. The second-order valence-electron chi connectivity index (χ2n) is 3.03. The molecule has 0 aromatic heterocycles. The third-order valence-electron chi connectivity index (χ3n) is 1.88. The van der Waals surface area contributed by atoms with E-state index in [1.54, 1.807) is 7.11 Å². The van der Waals surface area contributed by atoms with Gasteiger partial charge in [-0.25, -0.2) is 0 Å². The summed E-state index contributed by atoms with van der Waals surface area (Å²) in [6, 6.07) is 5.59. The molecule has 0 spiro atoms. The van der Waals surface area contributed by atoms with Crippen molar-refractivity contribution in [2.45, 2.75) is 6.10 Å². The van der Waals surface area contributed by atoms with Crippen molar-refractivity contribution in [3.05, 3.63) is 22.7 Å². The highest BCUT2D eigenvalue weighted by Gasteiger charge is 2.05. The van der Waals surface area contributed by atoms with Crippen LogP contribution in [0.1, 0.15) is 0 Å².